The molecule has 0 saturated carbocycles. The lowest BCUT2D eigenvalue weighted by atomic mass is 9.96. The SMILES string of the molecule is CNC(C1=CCCO1)C(C(F)(F)F)C(F)(F)F. The fraction of sp³-hybridized carbons (Fsp3) is 0.778. The Morgan fingerprint density at radius 1 is 1.18 bits per heavy atom. The molecule has 1 atom stereocenters. The third-order valence-corrected chi connectivity index (χ3v) is 2.39. The van der Waals surface area contributed by atoms with Gasteiger partial charge >= 0.3 is 12.4 Å². The average molecular weight is 263 g/mol. The smallest absolute Gasteiger partial charge is 0.402 e. The first-order valence-corrected chi connectivity index (χ1v) is 4.81. The molecule has 100 valence electrons. The van der Waals surface area contributed by atoms with E-state index in [2.05, 4.69) is 0 Å². The molecule has 1 aliphatic rings. The first-order chi connectivity index (χ1) is 7.68. The number of ether oxygens (including phenoxy) is 1. The van der Waals surface area contributed by atoms with Crippen LogP contribution >= 0.6 is 0 Å². The maximum Gasteiger partial charge on any atom is 0.402 e. The molecule has 0 spiro atoms. The van der Waals surface area contributed by atoms with Crippen molar-refractivity contribution in [2.45, 2.75) is 24.8 Å². The molecule has 0 aromatic rings. The van der Waals surface area contributed by atoms with Gasteiger partial charge < -0.3 is 10.1 Å². The zero-order valence-corrected chi connectivity index (χ0v) is 8.82. The summed E-state index contributed by atoms with van der Waals surface area (Å²) in [7, 11) is 1.04. The summed E-state index contributed by atoms with van der Waals surface area (Å²) in [6.45, 7) is 0.107. The van der Waals surface area contributed by atoms with Gasteiger partial charge in [-0.3, -0.25) is 0 Å². The van der Waals surface area contributed by atoms with Gasteiger partial charge in [0, 0.05) is 6.42 Å². The van der Waals surface area contributed by atoms with Crippen LogP contribution in [-0.4, -0.2) is 32.0 Å². The topological polar surface area (TPSA) is 21.3 Å². The van der Waals surface area contributed by atoms with E-state index in [0.717, 1.165) is 7.05 Å². The third-order valence-electron chi connectivity index (χ3n) is 2.39. The van der Waals surface area contributed by atoms with Gasteiger partial charge in [-0.25, -0.2) is 0 Å². The molecule has 8 heteroatoms. The number of nitrogens with one attached hydrogen (secondary N) is 1. The van der Waals surface area contributed by atoms with Crippen LogP contribution in [0.2, 0.25) is 0 Å². The highest BCUT2D eigenvalue weighted by Crippen LogP contribution is 2.43. The van der Waals surface area contributed by atoms with Gasteiger partial charge in [0.25, 0.3) is 0 Å². The van der Waals surface area contributed by atoms with Crippen molar-refractivity contribution in [2.75, 3.05) is 13.7 Å². The van der Waals surface area contributed by atoms with Gasteiger partial charge in [-0.15, -0.1) is 0 Å². The number of hydrogen-bond donors (Lipinski definition) is 1. The Morgan fingerprint density at radius 2 is 1.71 bits per heavy atom. The van der Waals surface area contributed by atoms with E-state index < -0.39 is 24.3 Å². The molecule has 1 aliphatic heterocycles. The molecular weight excluding hydrogens is 252 g/mol. The van der Waals surface area contributed by atoms with Crippen LogP contribution in [0.15, 0.2) is 11.8 Å². The zero-order chi connectivity index (χ0) is 13.3. The Labute approximate surface area is 93.6 Å². The third kappa shape index (κ3) is 3.27. The van der Waals surface area contributed by atoms with Crippen LogP contribution in [0.25, 0.3) is 0 Å². The van der Waals surface area contributed by atoms with Gasteiger partial charge in [0.1, 0.15) is 5.76 Å². The first-order valence-electron chi connectivity index (χ1n) is 4.81. The van der Waals surface area contributed by atoms with Crippen molar-refractivity contribution in [3.63, 3.8) is 0 Å². The summed E-state index contributed by atoms with van der Waals surface area (Å²) in [5.74, 6) is -3.77. The molecule has 0 aromatic carbocycles. The molecule has 1 N–H and O–H groups in total. The summed E-state index contributed by atoms with van der Waals surface area (Å²) in [6, 6.07) is -1.93. The second kappa shape index (κ2) is 4.75. The summed E-state index contributed by atoms with van der Waals surface area (Å²) in [6.07, 6.45) is -9.20. The number of hydrogen-bond acceptors (Lipinski definition) is 2. The van der Waals surface area contributed by atoms with E-state index in [-0.39, 0.29) is 12.4 Å². The van der Waals surface area contributed by atoms with Crippen molar-refractivity contribution in [2.24, 2.45) is 5.92 Å². The summed E-state index contributed by atoms with van der Waals surface area (Å²) >= 11 is 0. The Kier molecular flexibility index (Phi) is 3.95. The molecule has 0 radical (unpaired) electrons. The lowest BCUT2D eigenvalue weighted by Gasteiger charge is -2.30. The minimum absolute atomic E-state index is 0.107. The standard InChI is InChI=1S/C9H11F6NO/c1-16-6(5-3-2-4-17-5)7(8(10,11)12)9(13,14)15/h3,6-7,16H,2,4H2,1H3. The summed E-state index contributed by atoms with van der Waals surface area (Å²) in [5, 5.41) is 2.02. The number of alkyl halides is 6. The highest BCUT2D eigenvalue weighted by molar-refractivity contribution is 5.11. The molecular formula is C9H11F6NO. The molecule has 17 heavy (non-hydrogen) atoms. The lowest BCUT2D eigenvalue weighted by molar-refractivity contribution is -0.290. The highest BCUT2D eigenvalue weighted by atomic mass is 19.4. The minimum atomic E-state index is -5.38. The van der Waals surface area contributed by atoms with E-state index in [0.29, 0.717) is 6.42 Å². The second-order valence-corrected chi connectivity index (χ2v) is 3.57. The molecule has 0 amide bonds. The van der Waals surface area contributed by atoms with Crippen LogP contribution in [0, 0.1) is 5.92 Å². The van der Waals surface area contributed by atoms with Gasteiger partial charge in [0.2, 0.25) is 0 Å². The van der Waals surface area contributed by atoms with Crippen LogP contribution in [-0.2, 0) is 4.74 Å². The lowest BCUT2D eigenvalue weighted by Crippen LogP contribution is -2.51. The molecule has 1 heterocycles. The van der Waals surface area contributed by atoms with Crippen LogP contribution in [0.3, 0.4) is 0 Å². The zero-order valence-electron chi connectivity index (χ0n) is 8.82. The maximum absolute atomic E-state index is 12.5. The number of rotatable bonds is 3. The van der Waals surface area contributed by atoms with Crippen LogP contribution in [0.5, 0.6) is 0 Å². The Morgan fingerprint density at radius 3 is 2.00 bits per heavy atom. The van der Waals surface area contributed by atoms with Crippen molar-refractivity contribution in [1.82, 2.24) is 5.32 Å². The monoisotopic (exact) mass is 263 g/mol. The van der Waals surface area contributed by atoms with Gasteiger partial charge in [-0.2, -0.15) is 26.3 Å². The van der Waals surface area contributed by atoms with E-state index in [1.165, 1.54) is 6.08 Å². The Balaban J connectivity index is 3.03. The van der Waals surface area contributed by atoms with Gasteiger partial charge in [0.05, 0.1) is 12.6 Å². The van der Waals surface area contributed by atoms with Crippen molar-refractivity contribution in [3.8, 4) is 0 Å². The van der Waals surface area contributed by atoms with Crippen molar-refractivity contribution in [3.05, 3.63) is 11.8 Å². The normalized spacial score (nSPS) is 19.2. The molecule has 0 aromatic heterocycles. The Hall–Kier alpha value is -0.920. The van der Waals surface area contributed by atoms with E-state index in [1.807, 2.05) is 5.32 Å². The van der Waals surface area contributed by atoms with Crippen LogP contribution < -0.4 is 5.32 Å². The number of halogens is 6. The first kappa shape index (κ1) is 14.1. The molecule has 1 unspecified atom stereocenters. The van der Waals surface area contributed by atoms with E-state index >= 15 is 0 Å². The summed E-state index contributed by atoms with van der Waals surface area (Å²) in [5.41, 5.74) is 0. The average Bonchev–Trinajstić information content (AvgIpc) is 2.61. The number of likely N-dealkylation sites (N-methyl/N-ethyl adjacent to an activating group) is 1. The molecule has 0 aliphatic carbocycles. The second-order valence-electron chi connectivity index (χ2n) is 3.57. The largest absolute Gasteiger partial charge is 0.496 e. The summed E-state index contributed by atoms with van der Waals surface area (Å²) in [4.78, 5) is 0. The molecule has 1 rings (SSSR count). The quantitative estimate of drug-likeness (QED) is 0.790. The van der Waals surface area contributed by atoms with Crippen LogP contribution in [0.1, 0.15) is 6.42 Å². The molecule has 2 nitrogen and oxygen atoms in total. The van der Waals surface area contributed by atoms with E-state index in [9.17, 15) is 26.3 Å². The van der Waals surface area contributed by atoms with Crippen LogP contribution in [0.4, 0.5) is 26.3 Å². The van der Waals surface area contributed by atoms with Crippen molar-refractivity contribution in [1.29, 1.82) is 0 Å². The maximum atomic E-state index is 12.5. The molecule has 0 saturated heterocycles. The molecule has 0 bridgehead atoms. The molecule has 0 fully saturated rings. The minimum Gasteiger partial charge on any atom is -0.496 e. The fourth-order valence-electron chi connectivity index (χ4n) is 1.69. The predicted molar refractivity (Wildman–Crippen MR) is 47.1 cm³/mol. The van der Waals surface area contributed by atoms with Gasteiger partial charge in [-0.1, -0.05) is 0 Å². The van der Waals surface area contributed by atoms with Crippen molar-refractivity contribution >= 4 is 0 Å². The Bertz CT molecular complexity index is 281. The highest BCUT2D eigenvalue weighted by Gasteiger charge is 2.61. The summed E-state index contributed by atoms with van der Waals surface area (Å²) < 4.78 is 79.6. The van der Waals surface area contributed by atoms with Gasteiger partial charge in [0.15, 0.2) is 5.92 Å². The van der Waals surface area contributed by atoms with Crippen molar-refractivity contribution < 1.29 is 31.1 Å². The van der Waals surface area contributed by atoms with E-state index in [4.69, 9.17) is 4.74 Å². The van der Waals surface area contributed by atoms with E-state index in [1.54, 1.807) is 0 Å². The van der Waals surface area contributed by atoms with Gasteiger partial charge in [-0.05, 0) is 13.1 Å². The fourth-order valence-corrected chi connectivity index (χ4v) is 1.69. The predicted octanol–water partition coefficient (Wildman–Crippen LogP) is 2.62.